The molecule has 0 amide bonds. The Hall–Kier alpha value is -1.06. The Balaban J connectivity index is 2.20. The van der Waals surface area contributed by atoms with Gasteiger partial charge in [-0.1, -0.05) is 13.8 Å². The molecule has 0 bridgehead atoms. The minimum Gasteiger partial charge on any atom is -0.467 e. The summed E-state index contributed by atoms with van der Waals surface area (Å²) in [4.78, 5) is 2.76. The maximum absolute atomic E-state index is 5.53. The fourth-order valence-corrected chi connectivity index (χ4v) is 2.86. The predicted octanol–water partition coefficient (Wildman–Crippen LogP) is 3.99. The van der Waals surface area contributed by atoms with Crippen molar-refractivity contribution in [3.8, 4) is 0 Å². The standard InChI is InChI=1S/C14H19NOS/c1-3-9-15-14(12-6-5-10-16-12)13-8-7-11(4-2)17-13/h5-8,10,14-15H,3-4,9H2,1-2H3. The van der Waals surface area contributed by atoms with Crippen LogP contribution in [0.1, 0.15) is 41.8 Å². The summed E-state index contributed by atoms with van der Waals surface area (Å²) in [6, 6.07) is 8.61. The number of rotatable bonds is 6. The van der Waals surface area contributed by atoms with Crippen molar-refractivity contribution in [2.45, 2.75) is 32.7 Å². The minimum atomic E-state index is 0.204. The van der Waals surface area contributed by atoms with Crippen molar-refractivity contribution in [2.75, 3.05) is 6.54 Å². The van der Waals surface area contributed by atoms with Crippen LogP contribution in [0, 0.1) is 0 Å². The first-order chi connectivity index (χ1) is 8.35. The third-order valence-corrected chi connectivity index (χ3v) is 4.04. The van der Waals surface area contributed by atoms with Crippen LogP contribution in [0.15, 0.2) is 34.9 Å². The molecule has 0 fully saturated rings. The van der Waals surface area contributed by atoms with Gasteiger partial charge in [0.05, 0.1) is 6.26 Å². The molecule has 2 heterocycles. The highest BCUT2D eigenvalue weighted by molar-refractivity contribution is 7.12. The van der Waals surface area contributed by atoms with Crippen LogP contribution in [-0.4, -0.2) is 6.54 Å². The van der Waals surface area contributed by atoms with Crippen LogP contribution in [0.2, 0.25) is 0 Å². The van der Waals surface area contributed by atoms with Crippen LogP contribution in [0.3, 0.4) is 0 Å². The van der Waals surface area contributed by atoms with Crippen molar-refractivity contribution in [1.29, 1.82) is 0 Å². The van der Waals surface area contributed by atoms with Crippen LogP contribution < -0.4 is 5.32 Å². The number of thiophene rings is 1. The monoisotopic (exact) mass is 249 g/mol. The van der Waals surface area contributed by atoms with Crippen molar-refractivity contribution < 1.29 is 4.42 Å². The summed E-state index contributed by atoms with van der Waals surface area (Å²) in [5, 5.41) is 3.54. The van der Waals surface area contributed by atoms with E-state index in [2.05, 4.69) is 31.3 Å². The van der Waals surface area contributed by atoms with E-state index in [1.165, 1.54) is 9.75 Å². The molecule has 0 aliphatic heterocycles. The van der Waals surface area contributed by atoms with Gasteiger partial charge in [0.1, 0.15) is 11.8 Å². The van der Waals surface area contributed by atoms with Crippen LogP contribution >= 0.6 is 11.3 Å². The van der Waals surface area contributed by atoms with Crippen molar-refractivity contribution >= 4 is 11.3 Å². The Labute approximate surface area is 107 Å². The second kappa shape index (κ2) is 6.03. The van der Waals surface area contributed by atoms with E-state index in [0.29, 0.717) is 0 Å². The van der Waals surface area contributed by atoms with Gasteiger partial charge in [-0.25, -0.2) is 0 Å². The molecule has 2 aromatic rings. The molecule has 0 saturated carbocycles. The maximum atomic E-state index is 5.53. The number of nitrogens with one attached hydrogen (secondary N) is 1. The average molecular weight is 249 g/mol. The lowest BCUT2D eigenvalue weighted by atomic mass is 10.2. The Morgan fingerprint density at radius 2 is 2.18 bits per heavy atom. The minimum absolute atomic E-state index is 0.204. The molecule has 3 heteroatoms. The SMILES string of the molecule is CCCNC(c1ccco1)c1ccc(CC)s1. The zero-order chi connectivity index (χ0) is 12.1. The Morgan fingerprint density at radius 3 is 2.76 bits per heavy atom. The molecule has 17 heavy (non-hydrogen) atoms. The molecular formula is C14H19NOS. The molecule has 0 aromatic carbocycles. The molecule has 0 aliphatic rings. The first kappa shape index (κ1) is 12.4. The molecular weight excluding hydrogens is 230 g/mol. The van der Waals surface area contributed by atoms with Gasteiger partial charge in [0.25, 0.3) is 0 Å². The van der Waals surface area contributed by atoms with Gasteiger partial charge < -0.3 is 9.73 Å². The molecule has 0 saturated heterocycles. The third-order valence-electron chi connectivity index (χ3n) is 2.74. The molecule has 2 nitrogen and oxygen atoms in total. The van der Waals surface area contributed by atoms with Crippen molar-refractivity contribution in [3.05, 3.63) is 46.0 Å². The van der Waals surface area contributed by atoms with Gasteiger partial charge in [-0.3, -0.25) is 0 Å². The summed E-state index contributed by atoms with van der Waals surface area (Å²) in [5.41, 5.74) is 0. The van der Waals surface area contributed by atoms with E-state index in [1.807, 2.05) is 23.5 Å². The summed E-state index contributed by atoms with van der Waals surface area (Å²) < 4.78 is 5.53. The first-order valence-corrected chi connectivity index (χ1v) is 7.02. The van der Waals surface area contributed by atoms with E-state index in [-0.39, 0.29) is 6.04 Å². The summed E-state index contributed by atoms with van der Waals surface area (Å²) in [7, 11) is 0. The van der Waals surface area contributed by atoms with E-state index < -0.39 is 0 Å². The first-order valence-electron chi connectivity index (χ1n) is 6.20. The van der Waals surface area contributed by atoms with Crippen LogP contribution in [0.5, 0.6) is 0 Å². The third kappa shape index (κ3) is 2.99. The lowest BCUT2D eigenvalue weighted by Gasteiger charge is -2.14. The van der Waals surface area contributed by atoms with Gasteiger partial charge in [-0.2, -0.15) is 0 Å². The molecule has 2 rings (SSSR count). The molecule has 0 spiro atoms. The molecule has 1 N–H and O–H groups in total. The number of aryl methyl sites for hydroxylation is 1. The van der Waals surface area contributed by atoms with Gasteiger partial charge in [0.15, 0.2) is 0 Å². The number of hydrogen-bond acceptors (Lipinski definition) is 3. The summed E-state index contributed by atoms with van der Waals surface area (Å²) >= 11 is 1.87. The second-order valence-electron chi connectivity index (χ2n) is 4.06. The summed E-state index contributed by atoms with van der Waals surface area (Å²) in [6.45, 7) is 5.37. The maximum Gasteiger partial charge on any atom is 0.126 e. The lowest BCUT2D eigenvalue weighted by molar-refractivity contribution is 0.450. The fourth-order valence-electron chi connectivity index (χ4n) is 1.83. The molecule has 2 aromatic heterocycles. The number of furan rings is 1. The van der Waals surface area contributed by atoms with Gasteiger partial charge in [0, 0.05) is 9.75 Å². The number of hydrogen-bond donors (Lipinski definition) is 1. The fraction of sp³-hybridized carbons (Fsp3) is 0.429. The molecule has 1 atom stereocenters. The van der Waals surface area contributed by atoms with Crippen LogP contribution in [0.25, 0.3) is 0 Å². The zero-order valence-electron chi connectivity index (χ0n) is 10.4. The van der Waals surface area contributed by atoms with Crippen LogP contribution in [0.4, 0.5) is 0 Å². The van der Waals surface area contributed by atoms with Gasteiger partial charge in [-0.05, 0) is 43.7 Å². The molecule has 92 valence electrons. The quantitative estimate of drug-likeness (QED) is 0.837. The zero-order valence-corrected chi connectivity index (χ0v) is 11.2. The smallest absolute Gasteiger partial charge is 0.126 e. The van der Waals surface area contributed by atoms with E-state index >= 15 is 0 Å². The highest BCUT2D eigenvalue weighted by Gasteiger charge is 2.17. The molecule has 1 unspecified atom stereocenters. The van der Waals surface area contributed by atoms with E-state index in [0.717, 1.165) is 25.1 Å². The Morgan fingerprint density at radius 1 is 1.29 bits per heavy atom. The van der Waals surface area contributed by atoms with Gasteiger partial charge in [-0.15, -0.1) is 11.3 Å². The van der Waals surface area contributed by atoms with Gasteiger partial charge in [0.2, 0.25) is 0 Å². The van der Waals surface area contributed by atoms with Crippen molar-refractivity contribution in [2.24, 2.45) is 0 Å². The summed E-state index contributed by atoms with van der Waals surface area (Å²) in [5.74, 6) is 1.00. The predicted molar refractivity (Wildman–Crippen MR) is 72.5 cm³/mol. The highest BCUT2D eigenvalue weighted by atomic mass is 32.1. The van der Waals surface area contributed by atoms with Crippen molar-refractivity contribution in [3.63, 3.8) is 0 Å². The lowest BCUT2D eigenvalue weighted by Crippen LogP contribution is -2.21. The molecule has 0 radical (unpaired) electrons. The van der Waals surface area contributed by atoms with Gasteiger partial charge >= 0.3 is 0 Å². The summed E-state index contributed by atoms with van der Waals surface area (Å²) in [6.07, 6.45) is 3.97. The average Bonchev–Trinajstić information content (AvgIpc) is 3.00. The Kier molecular flexibility index (Phi) is 4.40. The van der Waals surface area contributed by atoms with Crippen molar-refractivity contribution in [1.82, 2.24) is 5.32 Å². The van der Waals surface area contributed by atoms with E-state index in [9.17, 15) is 0 Å². The largest absolute Gasteiger partial charge is 0.467 e. The topological polar surface area (TPSA) is 25.2 Å². The van der Waals surface area contributed by atoms with Crippen LogP contribution in [-0.2, 0) is 6.42 Å². The highest BCUT2D eigenvalue weighted by Crippen LogP contribution is 2.29. The van der Waals surface area contributed by atoms with E-state index in [1.54, 1.807) is 6.26 Å². The normalized spacial score (nSPS) is 12.8. The van der Waals surface area contributed by atoms with E-state index in [4.69, 9.17) is 4.42 Å². The second-order valence-corrected chi connectivity index (χ2v) is 5.26. The Bertz CT molecular complexity index is 433. The molecule has 0 aliphatic carbocycles.